The number of nitrogens with one attached hydrogen (secondary N) is 2. The van der Waals surface area contributed by atoms with Gasteiger partial charge in [0.05, 0.1) is 38.5 Å². The number of halogens is 4. The number of hydroxylamine groups is 2. The predicted molar refractivity (Wildman–Crippen MR) is 121 cm³/mol. The molecule has 206 valence electrons. The molecule has 0 radical (unpaired) electrons. The first kappa shape index (κ1) is 27.0. The number of alkyl halides is 2. The number of amides is 4. The van der Waals surface area contributed by atoms with Crippen molar-refractivity contribution >= 4 is 29.4 Å². The minimum absolute atomic E-state index is 0.00518. The second-order valence-corrected chi connectivity index (χ2v) is 8.43. The van der Waals surface area contributed by atoms with Gasteiger partial charge in [-0.3, -0.25) is 14.5 Å². The van der Waals surface area contributed by atoms with Crippen LogP contribution >= 0.6 is 0 Å². The lowest BCUT2D eigenvalue weighted by atomic mass is 10.2. The zero-order chi connectivity index (χ0) is 27.4. The van der Waals surface area contributed by atoms with Crippen LogP contribution in [0.15, 0.2) is 22.7 Å². The summed E-state index contributed by atoms with van der Waals surface area (Å²) in [6, 6.07) is 2.98. The zero-order valence-corrected chi connectivity index (χ0v) is 20.1. The van der Waals surface area contributed by atoms with Crippen molar-refractivity contribution in [3.63, 3.8) is 0 Å². The van der Waals surface area contributed by atoms with Gasteiger partial charge in [-0.05, 0) is 6.92 Å². The molecule has 38 heavy (non-hydrogen) atoms. The minimum Gasteiger partial charge on any atom is -0.442 e. The van der Waals surface area contributed by atoms with Gasteiger partial charge in [-0.15, -0.1) is 0 Å². The maximum atomic E-state index is 15.1. The lowest BCUT2D eigenvalue weighted by molar-refractivity contribution is -0.132. The summed E-state index contributed by atoms with van der Waals surface area (Å²) in [4.78, 5) is 43.4. The van der Waals surface area contributed by atoms with E-state index in [0.717, 1.165) is 22.1 Å². The fraction of sp³-hybridized carbons (Fsp3) is 0.455. The van der Waals surface area contributed by atoms with E-state index >= 15 is 8.78 Å². The highest BCUT2D eigenvalue weighted by atomic mass is 19.3. The van der Waals surface area contributed by atoms with Gasteiger partial charge in [0.15, 0.2) is 11.6 Å². The molecule has 16 heteroatoms. The summed E-state index contributed by atoms with van der Waals surface area (Å²) in [6.45, 7) is 1.28. The molecule has 2 N–H and O–H groups in total. The first-order valence-corrected chi connectivity index (χ1v) is 11.5. The van der Waals surface area contributed by atoms with Crippen LogP contribution < -0.4 is 20.4 Å². The van der Waals surface area contributed by atoms with Gasteiger partial charge < -0.3 is 24.8 Å². The minimum atomic E-state index is -3.23. The van der Waals surface area contributed by atoms with Gasteiger partial charge in [0.1, 0.15) is 23.2 Å². The third-order valence-corrected chi connectivity index (χ3v) is 5.71. The van der Waals surface area contributed by atoms with Gasteiger partial charge in [0.2, 0.25) is 0 Å². The van der Waals surface area contributed by atoms with Crippen LogP contribution in [0.3, 0.4) is 0 Å². The quantitative estimate of drug-likeness (QED) is 0.506. The van der Waals surface area contributed by atoms with Crippen LogP contribution in [0.1, 0.15) is 11.5 Å². The van der Waals surface area contributed by atoms with Crippen molar-refractivity contribution in [2.24, 2.45) is 0 Å². The SMILES string of the molecule is Cc1cc(CNC(=O)N2CCN(c3c(F)cc(N4C[C@H](CNC(=O)C(F)F)OC4=O)cc3F)CCO2)no1. The summed E-state index contributed by atoms with van der Waals surface area (Å²) >= 11 is 0. The van der Waals surface area contributed by atoms with Gasteiger partial charge in [-0.2, -0.15) is 8.78 Å². The van der Waals surface area contributed by atoms with Crippen molar-refractivity contribution in [2.45, 2.75) is 26.0 Å². The number of aryl methyl sites for hydroxylation is 1. The Morgan fingerprint density at radius 2 is 1.87 bits per heavy atom. The molecule has 2 aliphatic heterocycles. The molecule has 2 aromatic rings. The summed E-state index contributed by atoms with van der Waals surface area (Å²) in [5, 5.41) is 9.36. The first-order valence-electron chi connectivity index (χ1n) is 11.5. The highest BCUT2D eigenvalue weighted by Gasteiger charge is 2.34. The van der Waals surface area contributed by atoms with Crippen LogP contribution in [-0.4, -0.2) is 80.1 Å². The van der Waals surface area contributed by atoms with Crippen molar-refractivity contribution in [2.75, 3.05) is 49.1 Å². The number of anilines is 2. The standard InChI is InChI=1S/C22H24F4N6O6/c1-12-6-13(29-38-12)9-28-21(34)32-3-2-30(4-5-36-32)18-16(23)7-14(8-17(18)24)31-11-15(37-22(31)35)10-27-20(33)19(25)26/h6-8,15,19H,2-5,9-11H2,1H3,(H,27,33)(H,28,34)/t15-/m0/s1. The van der Waals surface area contributed by atoms with Crippen LogP contribution in [0, 0.1) is 18.6 Å². The average molecular weight is 544 g/mol. The Bertz CT molecular complexity index is 1170. The number of hydrogen-bond donors (Lipinski definition) is 2. The maximum Gasteiger partial charge on any atom is 0.414 e. The fourth-order valence-electron chi connectivity index (χ4n) is 3.93. The normalized spacial score (nSPS) is 18.0. The highest BCUT2D eigenvalue weighted by Crippen LogP contribution is 2.31. The molecule has 1 aromatic heterocycles. The van der Waals surface area contributed by atoms with Crippen molar-refractivity contribution in [3.8, 4) is 0 Å². The summed E-state index contributed by atoms with van der Waals surface area (Å²) in [5.74, 6) is -2.88. The molecule has 0 bridgehead atoms. The fourth-order valence-corrected chi connectivity index (χ4v) is 3.93. The van der Waals surface area contributed by atoms with Crippen molar-refractivity contribution in [1.82, 2.24) is 20.9 Å². The number of cyclic esters (lactones) is 1. The van der Waals surface area contributed by atoms with E-state index in [0.29, 0.717) is 11.5 Å². The zero-order valence-electron chi connectivity index (χ0n) is 20.1. The smallest absolute Gasteiger partial charge is 0.414 e. The maximum absolute atomic E-state index is 15.1. The van der Waals surface area contributed by atoms with Crippen molar-refractivity contribution in [3.05, 3.63) is 41.3 Å². The molecule has 3 heterocycles. The van der Waals surface area contributed by atoms with Gasteiger partial charge in [-0.25, -0.2) is 23.4 Å². The van der Waals surface area contributed by atoms with Crippen LogP contribution in [-0.2, 0) is 20.9 Å². The van der Waals surface area contributed by atoms with Gasteiger partial charge in [-0.1, -0.05) is 5.16 Å². The monoisotopic (exact) mass is 544 g/mol. The van der Waals surface area contributed by atoms with Crippen molar-refractivity contribution in [1.29, 1.82) is 0 Å². The largest absolute Gasteiger partial charge is 0.442 e. The molecule has 0 saturated carbocycles. The van der Waals surface area contributed by atoms with E-state index in [4.69, 9.17) is 14.1 Å². The third kappa shape index (κ3) is 6.24. The number of ether oxygens (including phenoxy) is 1. The molecule has 1 atom stereocenters. The molecule has 2 fully saturated rings. The molecule has 1 aromatic carbocycles. The summed E-state index contributed by atoms with van der Waals surface area (Å²) in [7, 11) is 0. The molecule has 12 nitrogen and oxygen atoms in total. The molecule has 0 spiro atoms. The molecular formula is C22H24F4N6O6. The molecule has 0 unspecified atom stereocenters. The summed E-state index contributed by atoms with van der Waals surface area (Å²) in [6.07, 6.45) is -5.16. The van der Waals surface area contributed by atoms with Gasteiger partial charge in [0, 0.05) is 31.3 Å². The lowest BCUT2D eigenvalue weighted by Crippen LogP contribution is -2.41. The molecule has 4 rings (SSSR count). The van der Waals surface area contributed by atoms with E-state index in [-0.39, 0.29) is 57.3 Å². The molecule has 4 amide bonds. The first-order chi connectivity index (χ1) is 18.1. The number of hydrogen-bond acceptors (Lipinski definition) is 8. The van der Waals surface area contributed by atoms with Crippen LogP contribution in [0.4, 0.5) is 38.5 Å². The summed E-state index contributed by atoms with van der Waals surface area (Å²) < 4.78 is 64.7. The topological polar surface area (TPSA) is 129 Å². The highest BCUT2D eigenvalue weighted by molar-refractivity contribution is 5.90. The number of urea groups is 1. The van der Waals surface area contributed by atoms with E-state index in [2.05, 4.69) is 10.5 Å². The Balaban J connectivity index is 1.36. The summed E-state index contributed by atoms with van der Waals surface area (Å²) in [5.41, 5.74) is 0.000224. The molecular weight excluding hydrogens is 520 g/mol. The van der Waals surface area contributed by atoms with E-state index in [1.54, 1.807) is 13.0 Å². The Hall–Kier alpha value is -4.08. The molecule has 2 saturated heterocycles. The third-order valence-electron chi connectivity index (χ3n) is 5.71. The number of aromatic nitrogens is 1. The predicted octanol–water partition coefficient (Wildman–Crippen LogP) is 1.93. The lowest BCUT2D eigenvalue weighted by Gasteiger charge is -2.24. The van der Waals surface area contributed by atoms with Crippen LogP contribution in [0.25, 0.3) is 0 Å². The van der Waals surface area contributed by atoms with Gasteiger partial charge >= 0.3 is 18.5 Å². The number of carbonyl (C=O) groups is 3. The number of rotatable bonds is 7. The van der Waals surface area contributed by atoms with Crippen molar-refractivity contribution < 1.29 is 46.0 Å². The Kier molecular flexibility index (Phi) is 8.19. The van der Waals surface area contributed by atoms with Crippen LogP contribution in [0.5, 0.6) is 0 Å². The number of benzene rings is 1. The Morgan fingerprint density at radius 1 is 1.13 bits per heavy atom. The number of nitrogens with zero attached hydrogens (tertiary/aromatic N) is 4. The van der Waals surface area contributed by atoms with Crippen LogP contribution in [0.2, 0.25) is 0 Å². The average Bonchev–Trinajstić information content (AvgIpc) is 3.37. The second kappa shape index (κ2) is 11.5. The van der Waals surface area contributed by atoms with E-state index in [9.17, 15) is 23.2 Å². The Labute approximate surface area is 213 Å². The van der Waals surface area contributed by atoms with Gasteiger partial charge in [0.25, 0.3) is 5.91 Å². The Morgan fingerprint density at radius 3 is 2.53 bits per heavy atom. The van der Waals surface area contributed by atoms with E-state index in [1.807, 2.05) is 5.32 Å². The second-order valence-electron chi connectivity index (χ2n) is 8.43. The molecule has 2 aliphatic rings. The van der Waals surface area contributed by atoms with E-state index in [1.165, 1.54) is 4.90 Å². The molecule has 0 aliphatic carbocycles. The van der Waals surface area contributed by atoms with E-state index < -0.39 is 42.2 Å². The number of carbonyl (C=O) groups excluding carboxylic acids is 3.